The predicted octanol–water partition coefficient (Wildman–Crippen LogP) is 0.431. The summed E-state index contributed by atoms with van der Waals surface area (Å²) in [5, 5.41) is 7.34. The second-order valence-corrected chi connectivity index (χ2v) is 5.17. The van der Waals surface area contributed by atoms with E-state index in [-0.39, 0.29) is 0 Å². The normalized spacial score (nSPS) is 20.8. The maximum atomic E-state index is 11.0. The Morgan fingerprint density at radius 2 is 2.00 bits per heavy atom. The topological polar surface area (TPSA) is 66.8 Å². The van der Waals surface area contributed by atoms with Crippen molar-refractivity contribution >= 4 is 15.4 Å². The van der Waals surface area contributed by atoms with Gasteiger partial charge in [0.25, 0.3) is 0 Å². The van der Waals surface area contributed by atoms with E-state index < -0.39 is 18.9 Å². The van der Waals surface area contributed by atoms with Gasteiger partial charge in [-0.2, -0.15) is 0 Å². The largest absolute Gasteiger partial charge is 0.378 e. The summed E-state index contributed by atoms with van der Waals surface area (Å²) < 4.78 is 15.5. The third kappa shape index (κ3) is 3.38. The van der Waals surface area contributed by atoms with E-state index in [0.717, 1.165) is 0 Å². The molecule has 0 aromatic heterocycles. The average Bonchev–Trinajstić information content (AvgIpc) is 1.56. The van der Waals surface area contributed by atoms with Crippen molar-refractivity contribution in [2.75, 3.05) is 0 Å². The van der Waals surface area contributed by atoms with Crippen LogP contribution in [0.1, 0.15) is 20.8 Å². The van der Waals surface area contributed by atoms with Gasteiger partial charge < -0.3 is 14.5 Å². The van der Waals surface area contributed by atoms with E-state index in [0.29, 0.717) is 0 Å². The van der Waals surface area contributed by atoms with Gasteiger partial charge in [-0.15, -0.1) is 0 Å². The standard InChI is InChI=1S/C5H12BO4P/c1-4(6)10-11(8,9)5(2,3)7/h4,7H,1-3H3,(H,8,9). The van der Waals surface area contributed by atoms with Gasteiger partial charge in [-0.1, -0.05) is 0 Å². The number of rotatable bonds is 3. The molecule has 0 saturated carbocycles. The molecule has 2 radical (unpaired) electrons. The molecule has 2 N–H and O–H groups in total. The van der Waals surface area contributed by atoms with Gasteiger partial charge in [0.2, 0.25) is 0 Å². The van der Waals surface area contributed by atoms with Crippen LogP contribution < -0.4 is 0 Å². The van der Waals surface area contributed by atoms with Crippen molar-refractivity contribution in [3.05, 3.63) is 0 Å². The summed E-state index contributed by atoms with van der Waals surface area (Å²) in [4.78, 5) is 9.02. The summed E-state index contributed by atoms with van der Waals surface area (Å²) >= 11 is 0. The Bertz CT molecular complexity index is 174. The first kappa shape index (κ1) is 11.2. The van der Waals surface area contributed by atoms with Gasteiger partial charge in [0.05, 0.1) is 0 Å². The Kier molecular flexibility index (Phi) is 3.33. The quantitative estimate of drug-likeness (QED) is 0.485. The molecule has 4 nitrogen and oxygen atoms in total. The monoisotopic (exact) mass is 178 g/mol. The lowest BCUT2D eigenvalue weighted by molar-refractivity contribution is 0.106. The molecule has 0 rings (SSSR count). The third-order valence-corrected chi connectivity index (χ3v) is 3.00. The van der Waals surface area contributed by atoms with Crippen LogP contribution in [0.2, 0.25) is 0 Å². The molecular formula is C5H12BO4P. The highest BCUT2D eigenvalue weighted by molar-refractivity contribution is 7.54. The molecule has 0 amide bonds. The first-order valence-electron chi connectivity index (χ1n) is 3.16. The highest BCUT2D eigenvalue weighted by Crippen LogP contribution is 2.53. The molecule has 64 valence electrons. The van der Waals surface area contributed by atoms with Crippen molar-refractivity contribution in [1.82, 2.24) is 0 Å². The van der Waals surface area contributed by atoms with Gasteiger partial charge >= 0.3 is 7.60 Å². The number of hydrogen-bond acceptors (Lipinski definition) is 3. The number of aliphatic hydroxyl groups is 1. The summed E-state index contributed by atoms with van der Waals surface area (Å²) in [5.74, 6) is 0. The molecular weight excluding hydrogens is 166 g/mol. The zero-order chi connectivity index (χ0) is 9.28. The van der Waals surface area contributed by atoms with Gasteiger partial charge in [0.15, 0.2) is 5.34 Å². The van der Waals surface area contributed by atoms with Gasteiger partial charge in [-0.3, -0.25) is 4.57 Å². The van der Waals surface area contributed by atoms with Gasteiger partial charge in [-0.05, 0) is 20.8 Å². The van der Waals surface area contributed by atoms with Crippen molar-refractivity contribution in [1.29, 1.82) is 0 Å². The zero-order valence-electron chi connectivity index (χ0n) is 6.81. The van der Waals surface area contributed by atoms with Crippen LogP contribution >= 0.6 is 7.60 Å². The molecule has 0 bridgehead atoms. The van der Waals surface area contributed by atoms with Crippen LogP contribution in [-0.4, -0.2) is 29.2 Å². The molecule has 0 heterocycles. The summed E-state index contributed by atoms with van der Waals surface area (Å²) in [6, 6.07) is -0.864. The molecule has 0 aliphatic heterocycles. The summed E-state index contributed by atoms with van der Waals surface area (Å²) in [6.07, 6.45) is 0. The van der Waals surface area contributed by atoms with Crippen LogP contribution in [0.3, 0.4) is 0 Å². The van der Waals surface area contributed by atoms with E-state index in [1.807, 2.05) is 0 Å². The van der Waals surface area contributed by atoms with Crippen LogP contribution in [0.25, 0.3) is 0 Å². The van der Waals surface area contributed by atoms with Crippen molar-refractivity contribution in [3.63, 3.8) is 0 Å². The van der Waals surface area contributed by atoms with Crippen molar-refractivity contribution in [3.8, 4) is 0 Å². The zero-order valence-corrected chi connectivity index (χ0v) is 7.71. The first-order valence-corrected chi connectivity index (χ1v) is 4.74. The molecule has 0 aromatic carbocycles. The van der Waals surface area contributed by atoms with E-state index >= 15 is 0 Å². The molecule has 6 heteroatoms. The number of hydrogen-bond donors (Lipinski definition) is 2. The second-order valence-electron chi connectivity index (χ2n) is 2.83. The Labute approximate surface area is 67.5 Å². The predicted molar refractivity (Wildman–Crippen MR) is 42.4 cm³/mol. The van der Waals surface area contributed by atoms with Crippen LogP contribution in [0.15, 0.2) is 0 Å². The van der Waals surface area contributed by atoms with E-state index in [2.05, 4.69) is 4.52 Å². The maximum Gasteiger partial charge on any atom is 0.358 e. The first-order chi connectivity index (χ1) is 4.67. The lowest BCUT2D eigenvalue weighted by atomic mass is 10.0. The fourth-order valence-corrected chi connectivity index (χ4v) is 1.06. The van der Waals surface area contributed by atoms with Crippen LogP contribution in [0.5, 0.6) is 0 Å². The van der Waals surface area contributed by atoms with Crippen LogP contribution in [0, 0.1) is 0 Å². The molecule has 2 atom stereocenters. The van der Waals surface area contributed by atoms with Crippen LogP contribution in [-0.2, 0) is 9.09 Å². The van der Waals surface area contributed by atoms with Crippen molar-refractivity contribution in [2.45, 2.75) is 32.1 Å². The maximum absolute atomic E-state index is 11.0. The molecule has 2 unspecified atom stereocenters. The Morgan fingerprint density at radius 1 is 1.64 bits per heavy atom. The Balaban J connectivity index is 4.36. The molecule has 0 spiro atoms. The molecule has 11 heavy (non-hydrogen) atoms. The van der Waals surface area contributed by atoms with Crippen LogP contribution in [0.4, 0.5) is 0 Å². The second kappa shape index (κ2) is 3.27. The van der Waals surface area contributed by atoms with E-state index in [1.54, 1.807) is 0 Å². The van der Waals surface area contributed by atoms with E-state index in [9.17, 15) is 4.57 Å². The highest BCUT2D eigenvalue weighted by atomic mass is 31.2. The SMILES string of the molecule is [B]C(C)OP(=O)(O)C(C)(C)O. The minimum absolute atomic E-state index is 0.864. The van der Waals surface area contributed by atoms with E-state index in [4.69, 9.17) is 17.8 Å². The Hall–Kier alpha value is 0.175. The summed E-state index contributed by atoms with van der Waals surface area (Å²) in [7, 11) is 1.11. The lowest BCUT2D eigenvalue weighted by Gasteiger charge is -2.25. The smallest absolute Gasteiger partial charge is 0.358 e. The molecule has 0 fully saturated rings. The fourth-order valence-electron chi connectivity index (χ4n) is 0.354. The van der Waals surface area contributed by atoms with E-state index in [1.165, 1.54) is 20.8 Å². The summed E-state index contributed by atoms with van der Waals surface area (Å²) in [5.41, 5.74) is 0. The third-order valence-electron chi connectivity index (χ3n) is 1.00. The minimum atomic E-state index is -4.00. The summed E-state index contributed by atoms with van der Waals surface area (Å²) in [6.45, 7) is 3.79. The molecule has 0 aliphatic carbocycles. The molecule has 0 aliphatic rings. The molecule has 0 saturated heterocycles. The lowest BCUT2D eigenvalue weighted by Crippen LogP contribution is -2.23. The Morgan fingerprint density at radius 3 is 2.09 bits per heavy atom. The average molecular weight is 178 g/mol. The van der Waals surface area contributed by atoms with Gasteiger partial charge in [0.1, 0.15) is 7.85 Å². The van der Waals surface area contributed by atoms with Crippen molar-refractivity contribution in [2.24, 2.45) is 0 Å². The van der Waals surface area contributed by atoms with Gasteiger partial charge in [-0.25, -0.2) is 0 Å². The van der Waals surface area contributed by atoms with Crippen molar-refractivity contribution < 1.29 is 19.1 Å². The molecule has 0 aromatic rings. The minimum Gasteiger partial charge on any atom is -0.378 e. The fraction of sp³-hybridized carbons (Fsp3) is 1.00. The van der Waals surface area contributed by atoms with Gasteiger partial charge in [0, 0.05) is 6.00 Å². The highest BCUT2D eigenvalue weighted by Gasteiger charge is 2.39.